The molecular formula is C14H12BrCl2N3. The number of hydrogen-bond donors (Lipinski definition) is 2. The molecule has 0 saturated heterocycles. The topological polar surface area (TPSA) is 50.4 Å². The van der Waals surface area contributed by atoms with E-state index >= 15 is 0 Å². The van der Waals surface area contributed by atoms with Gasteiger partial charge in [0.25, 0.3) is 0 Å². The molecule has 0 atom stereocenters. The van der Waals surface area contributed by atoms with Gasteiger partial charge in [-0.15, -0.1) is 0 Å². The summed E-state index contributed by atoms with van der Waals surface area (Å²) in [5.41, 5.74) is 7.46. The maximum Gasteiger partial charge on any atom is 0.193 e. The van der Waals surface area contributed by atoms with Gasteiger partial charge in [-0.25, -0.2) is 4.99 Å². The fourth-order valence-electron chi connectivity index (χ4n) is 1.59. The molecule has 20 heavy (non-hydrogen) atoms. The zero-order valence-electron chi connectivity index (χ0n) is 10.4. The third kappa shape index (κ3) is 4.13. The summed E-state index contributed by atoms with van der Waals surface area (Å²) in [6, 6.07) is 13.3. The number of nitrogens with one attached hydrogen (secondary N) is 1. The van der Waals surface area contributed by atoms with Crippen molar-refractivity contribution in [1.29, 1.82) is 0 Å². The van der Waals surface area contributed by atoms with Crippen LogP contribution in [0.3, 0.4) is 0 Å². The van der Waals surface area contributed by atoms with Gasteiger partial charge in [-0.1, -0.05) is 69.5 Å². The Morgan fingerprint density at radius 3 is 2.35 bits per heavy atom. The van der Waals surface area contributed by atoms with Crippen molar-refractivity contribution in [3.8, 4) is 0 Å². The maximum absolute atomic E-state index is 6.11. The number of rotatable bonds is 3. The quantitative estimate of drug-likeness (QED) is 0.606. The molecule has 0 fully saturated rings. The number of anilines is 1. The predicted molar refractivity (Wildman–Crippen MR) is 89.6 cm³/mol. The third-order valence-corrected chi connectivity index (χ3v) is 3.59. The second kappa shape index (κ2) is 6.97. The molecule has 2 rings (SSSR count). The summed E-state index contributed by atoms with van der Waals surface area (Å²) in [6.45, 7) is 0.492. The summed E-state index contributed by atoms with van der Waals surface area (Å²) in [4.78, 5) is 4.25. The van der Waals surface area contributed by atoms with Gasteiger partial charge in [-0.05, 0) is 17.7 Å². The Morgan fingerprint density at radius 1 is 1.15 bits per heavy atom. The van der Waals surface area contributed by atoms with Gasteiger partial charge < -0.3 is 11.1 Å². The van der Waals surface area contributed by atoms with Crippen LogP contribution >= 0.6 is 39.1 Å². The number of benzene rings is 2. The van der Waals surface area contributed by atoms with E-state index in [9.17, 15) is 0 Å². The highest BCUT2D eigenvalue weighted by Crippen LogP contribution is 2.33. The predicted octanol–water partition coefficient (Wildman–Crippen LogP) is 4.68. The van der Waals surface area contributed by atoms with Crippen molar-refractivity contribution in [2.24, 2.45) is 10.7 Å². The molecule has 0 heterocycles. The minimum Gasteiger partial charge on any atom is -0.370 e. The molecule has 0 aliphatic heterocycles. The second-order valence-corrected chi connectivity index (χ2v) is 5.79. The Morgan fingerprint density at radius 2 is 1.75 bits per heavy atom. The first-order valence-electron chi connectivity index (χ1n) is 5.81. The molecule has 0 amide bonds. The second-order valence-electron chi connectivity index (χ2n) is 4.06. The third-order valence-electron chi connectivity index (χ3n) is 2.53. The van der Waals surface area contributed by atoms with Crippen LogP contribution in [0.2, 0.25) is 10.0 Å². The molecule has 0 radical (unpaired) electrons. The standard InChI is InChI=1S/C14H12BrCl2N3/c15-10-6-11(16)13(12(17)7-10)20-14(18)19-8-9-4-2-1-3-5-9/h1-7H,8H2,(H3,18,19,20). The van der Waals surface area contributed by atoms with Crippen LogP contribution in [0.5, 0.6) is 0 Å². The van der Waals surface area contributed by atoms with E-state index in [4.69, 9.17) is 28.9 Å². The average molecular weight is 373 g/mol. The summed E-state index contributed by atoms with van der Waals surface area (Å²) < 4.78 is 0.804. The van der Waals surface area contributed by atoms with Crippen molar-refractivity contribution in [1.82, 2.24) is 0 Å². The van der Waals surface area contributed by atoms with Gasteiger partial charge in [0.05, 0.1) is 22.3 Å². The molecule has 2 aromatic carbocycles. The molecule has 3 N–H and O–H groups in total. The van der Waals surface area contributed by atoms with Gasteiger partial charge in [0.15, 0.2) is 5.96 Å². The van der Waals surface area contributed by atoms with Crippen molar-refractivity contribution in [3.63, 3.8) is 0 Å². The molecule has 0 aliphatic rings. The fourth-order valence-corrected chi connectivity index (χ4v) is 2.89. The van der Waals surface area contributed by atoms with Gasteiger partial charge in [0.2, 0.25) is 0 Å². The number of halogens is 3. The van der Waals surface area contributed by atoms with Gasteiger partial charge in [0.1, 0.15) is 0 Å². The van der Waals surface area contributed by atoms with Gasteiger partial charge in [-0.3, -0.25) is 0 Å². The molecule has 2 aromatic rings. The van der Waals surface area contributed by atoms with Crippen molar-refractivity contribution >= 4 is 50.8 Å². The number of nitrogens with two attached hydrogens (primary N) is 1. The minimum absolute atomic E-state index is 0.264. The monoisotopic (exact) mass is 371 g/mol. The summed E-state index contributed by atoms with van der Waals surface area (Å²) >= 11 is 15.5. The molecule has 0 saturated carbocycles. The lowest BCUT2D eigenvalue weighted by Gasteiger charge is -2.10. The zero-order chi connectivity index (χ0) is 14.5. The summed E-state index contributed by atoms with van der Waals surface area (Å²) in [6.07, 6.45) is 0. The first-order valence-corrected chi connectivity index (χ1v) is 7.36. The van der Waals surface area contributed by atoms with Crippen LogP contribution < -0.4 is 11.1 Å². The number of nitrogens with zero attached hydrogens (tertiary/aromatic N) is 1. The molecule has 3 nitrogen and oxygen atoms in total. The van der Waals surface area contributed by atoms with E-state index < -0.39 is 0 Å². The van der Waals surface area contributed by atoms with E-state index in [0.717, 1.165) is 10.0 Å². The fraction of sp³-hybridized carbons (Fsp3) is 0.0714. The zero-order valence-corrected chi connectivity index (χ0v) is 13.5. The van der Waals surface area contributed by atoms with Crippen LogP contribution in [-0.4, -0.2) is 5.96 Å². The summed E-state index contributed by atoms with van der Waals surface area (Å²) in [5, 5.41) is 3.87. The molecule has 0 aliphatic carbocycles. The molecule has 0 unspecified atom stereocenters. The van der Waals surface area contributed by atoms with Crippen molar-refractivity contribution in [3.05, 3.63) is 62.5 Å². The molecule has 6 heteroatoms. The van der Waals surface area contributed by atoms with Crippen LogP contribution in [0, 0.1) is 0 Å². The van der Waals surface area contributed by atoms with Crippen molar-refractivity contribution in [2.75, 3.05) is 5.32 Å². The van der Waals surface area contributed by atoms with Crippen LogP contribution in [0.25, 0.3) is 0 Å². The van der Waals surface area contributed by atoms with Crippen LogP contribution in [-0.2, 0) is 6.54 Å². The summed E-state index contributed by atoms with van der Waals surface area (Å²) in [7, 11) is 0. The van der Waals surface area contributed by atoms with E-state index in [-0.39, 0.29) is 5.96 Å². The van der Waals surface area contributed by atoms with Crippen molar-refractivity contribution < 1.29 is 0 Å². The lowest BCUT2D eigenvalue weighted by molar-refractivity contribution is 1.06. The molecule has 0 aromatic heterocycles. The van der Waals surface area contributed by atoms with Crippen LogP contribution in [0.4, 0.5) is 5.69 Å². The van der Waals surface area contributed by atoms with Crippen molar-refractivity contribution in [2.45, 2.75) is 6.54 Å². The van der Waals surface area contributed by atoms with Gasteiger partial charge in [-0.2, -0.15) is 0 Å². The molecule has 104 valence electrons. The Bertz CT molecular complexity index is 607. The molecule has 0 bridgehead atoms. The number of guanidine groups is 1. The summed E-state index contributed by atoms with van der Waals surface area (Å²) in [5.74, 6) is 0.264. The van der Waals surface area contributed by atoms with Crippen LogP contribution in [0.1, 0.15) is 5.56 Å². The minimum atomic E-state index is 0.264. The lowest BCUT2D eigenvalue weighted by Crippen LogP contribution is -2.23. The van der Waals surface area contributed by atoms with Crippen LogP contribution in [0.15, 0.2) is 51.9 Å². The normalized spacial score (nSPS) is 11.4. The van der Waals surface area contributed by atoms with E-state index in [1.54, 1.807) is 12.1 Å². The van der Waals surface area contributed by atoms with Gasteiger partial charge in [0, 0.05) is 4.47 Å². The molecule has 0 spiro atoms. The maximum atomic E-state index is 6.11. The first kappa shape index (κ1) is 15.2. The largest absolute Gasteiger partial charge is 0.370 e. The Kier molecular flexibility index (Phi) is 5.29. The lowest BCUT2D eigenvalue weighted by atomic mass is 10.2. The molecular weight excluding hydrogens is 361 g/mol. The average Bonchev–Trinajstić information content (AvgIpc) is 2.42. The first-order chi connectivity index (χ1) is 9.56. The van der Waals surface area contributed by atoms with E-state index in [1.807, 2.05) is 30.3 Å². The highest BCUT2D eigenvalue weighted by atomic mass is 79.9. The van der Waals surface area contributed by atoms with E-state index in [2.05, 4.69) is 26.2 Å². The highest BCUT2D eigenvalue weighted by molar-refractivity contribution is 9.10. The number of aliphatic imine (C=N–C) groups is 1. The van der Waals surface area contributed by atoms with Gasteiger partial charge >= 0.3 is 0 Å². The smallest absolute Gasteiger partial charge is 0.193 e. The highest BCUT2D eigenvalue weighted by Gasteiger charge is 2.08. The Hall–Kier alpha value is -1.23. The van der Waals surface area contributed by atoms with E-state index in [1.165, 1.54) is 0 Å². The SMILES string of the molecule is NC(=NCc1ccccc1)Nc1c(Cl)cc(Br)cc1Cl. The van der Waals surface area contributed by atoms with E-state index in [0.29, 0.717) is 22.3 Å². The number of hydrogen-bond acceptors (Lipinski definition) is 1. The Balaban J connectivity index is 2.10. The Labute approximate surface area is 135 Å².